The molecule has 0 aliphatic rings. The van der Waals surface area contributed by atoms with Gasteiger partial charge in [0.05, 0.1) is 0 Å². The van der Waals surface area contributed by atoms with Gasteiger partial charge in [-0.05, 0) is 74.2 Å². The van der Waals surface area contributed by atoms with E-state index in [0.29, 0.717) is 36.0 Å². The number of guanidine groups is 4. The predicted molar refractivity (Wildman–Crippen MR) is 319 cm³/mol. The number of anilines is 2. The highest BCUT2D eigenvalue weighted by atomic mass is 35.5. The summed E-state index contributed by atoms with van der Waals surface area (Å²) in [6, 6.07) is 14.1. The fourth-order valence-corrected chi connectivity index (χ4v) is 8.25. The van der Waals surface area contributed by atoms with E-state index in [1.54, 1.807) is 48.5 Å². The monoisotopic (exact) mass is 1070 g/mol. The Morgan fingerprint density at radius 3 is 0.865 bits per heavy atom. The van der Waals surface area contributed by atoms with Crippen molar-refractivity contribution in [1.82, 2.24) is 0 Å². The van der Waals surface area contributed by atoms with Crippen LogP contribution in [0.4, 0.5) is 11.4 Å². The molecule has 2 aromatic rings. The van der Waals surface area contributed by atoms with Crippen LogP contribution in [0.15, 0.2) is 68.5 Å². The fraction of sp³-hybridized carbons (Fsp3) is 0.690. The van der Waals surface area contributed by atoms with Gasteiger partial charge in [-0.25, -0.2) is 0 Å². The Labute approximate surface area is 458 Å². The van der Waals surface area contributed by atoms with Gasteiger partial charge < -0.3 is 43.8 Å². The molecule has 16 heteroatoms. The Hall–Kier alpha value is -4.56. The van der Waals surface area contributed by atoms with Crippen LogP contribution in [0.25, 0.3) is 0 Å². The first kappa shape index (κ1) is 69.4. The second-order valence-corrected chi connectivity index (χ2v) is 20.2. The van der Waals surface area contributed by atoms with Crippen molar-refractivity contribution in [2.24, 2.45) is 42.9 Å². The van der Waals surface area contributed by atoms with Crippen LogP contribution < -0.4 is 33.6 Å². The van der Waals surface area contributed by atoms with Crippen LogP contribution in [0.3, 0.4) is 0 Å². The van der Waals surface area contributed by atoms with Crippen molar-refractivity contribution in [1.29, 1.82) is 0 Å². The lowest BCUT2D eigenvalue weighted by atomic mass is 10.0. The van der Waals surface area contributed by atoms with Crippen molar-refractivity contribution >= 4 is 70.4 Å². The number of carboxylic acids is 2. The number of aliphatic imine (C=N–C) groups is 4. The summed E-state index contributed by atoms with van der Waals surface area (Å²) in [6.45, 7) is 5.66. The van der Waals surface area contributed by atoms with E-state index in [2.05, 4.69) is 44.5 Å². The number of hydrogen-bond acceptors (Lipinski definition) is 4. The van der Waals surface area contributed by atoms with Gasteiger partial charge in [-0.3, -0.25) is 19.6 Å². The number of unbranched alkanes of at least 4 members (excludes halogenated alkanes) is 31. The summed E-state index contributed by atoms with van der Waals surface area (Å²) >= 11 is 11.7. The van der Waals surface area contributed by atoms with Gasteiger partial charge in [-0.2, -0.15) is 9.98 Å². The third-order valence-electron chi connectivity index (χ3n) is 12.3. The average Bonchev–Trinajstić information content (AvgIpc) is 3.36. The molecule has 2 aromatic carbocycles. The van der Waals surface area contributed by atoms with Crippen LogP contribution in [-0.2, 0) is 9.59 Å². The van der Waals surface area contributed by atoms with Crippen molar-refractivity contribution < 1.29 is 19.8 Å². The number of hydrogen-bond donors (Lipinski definition) is 8. The number of carboxylic acid groups (broad SMARTS) is 2. The molecule has 74 heavy (non-hydrogen) atoms. The topological polar surface area (TPSA) is 252 Å². The van der Waals surface area contributed by atoms with E-state index < -0.39 is 11.9 Å². The zero-order chi connectivity index (χ0) is 54.5. The molecule has 12 N–H and O–H groups in total. The van der Waals surface area contributed by atoms with Crippen LogP contribution in [0, 0.1) is 0 Å². The number of nitrogens with two attached hydrogens (primary N) is 4. The number of rotatable bonds is 41. The first-order valence-corrected chi connectivity index (χ1v) is 29.4. The smallest absolute Gasteiger partial charge is 0.303 e. The molecule has 0 aliphatic carbocycles. The molecule has 0 saturated carbocycles. The molecule has 0 saturated heterocycles. The first-order chi connectivity index (χ1) is 35.9. The minimum absolute atomic E-state index is 0.124. The summed E-state index contributed by atoms with van der Waals surface area (Å²) in [6.07, 6.45) is 44.1. The van der Waals surface area contributed by atoms with Gasteiger partial charge in [0, 0.05) is 47.4 Å². The summed E-state index contributed by atoms with van der Waals surface area (Å²) in [7, 11) is 0. The molecule has 0 atom stereocenters. The lowest BCUT2D eigenvalue weighted by Gasteiger charge is -2.05. The van der Waals surface area contributed by atoms with Crippen molar-refractivity contribution in [2.75, 3.05) is 23.7 Å². The maximum Gasteiger partial charge on any atom is 0.303 e. The van der Waals surface area contributed by atoms with E-state index in [-0.39, 0.29) is 23.8 Å². The molecule has 422 valence electrons. The van der Waals surface area contributed by atoms with Crippen LogP contribution in [-0.4, -0.2) is 59.1 Å². The van der Waals surface area contributed by atoms with Gasteiger partial charge in [-0.1, -0.05) is 230 Å². The molecule has 0 amide bonds. The Morgan fingerprint density at radius 2 is 0.622 bits per heavy atom. The lowest BCUT2D eigenvalue weighted by molar-refractivity contribution is -0.138. The molecule has 0 fully saturated rings. The largest absolute Gasteiger partial charge is 0.481 e. The second kappa shape index (κ2) is 51.9. The third kappa shape index (κ3) is 50.9. The number of aliphatic carboxylic acids is 2. The summed E-state index contributed by atoms with van der Waals surface area (Å²) in [5.74, 6) is -0.742. The minimum atomic E-state index is -0.653. The fourth-order valence-electron chi connectivity index (χ4n) is 8.00. The standard InChI is InChI=1S/C22H30Cl2N10.2C18H36O2/c23-15-5-9-17(10-6-15)31-21(27)33-19(25)29-13-3-1-2-4-14-30-20(26)34-22(28)32-18-11-7-16(24)8-12-18;2*1-2-3-4-5-6-7-8-9-10-11-12-13-14-15-16-17-18(19)20/h5-12H,1-4,13-14H2,(H5,25,27,29,31,33)(H5,26,28,30,32,34);2*2-17H2,1H3,(H,19,20). The molecule has 0 unspecified atom stereocenters. The van der Waals surface area contributed by atoms with E-state index in [4.69, 9.17) is 56.3 Å². The summed E-state index contributed by atoms with van der Waals surface area (Å²) in [5.41, 5.74) is 24.8. The number of nitrogens with zero attached hydrogens (tertiary/aromatic N) is 4. The molecule has 0 bridgehead atoms. The Bertz CT molecular complexity index is 1630. The van der Waals surface area contributed by atoms with E-state index in [9.17, 15) is 9.59 Å². The van der Waals surface area contributed by atoms with E-state index in [1.807, 2.05) is 0 Å². The first-order valence-electron chi connectivity index (χ1n) is 28.6. The summed E-state index contributed by atoms with van der Waals surface area (Å²) < 4.78 is 0. The zero-order valence-electron chi connectivity index (χ0n) is 46.1. The zero-order valence-corrected chi connectivity index (χ0v) is 47.6. The molecule has 0 heterocycles. The average molecular weight is 1070 g/mol. The van der Waals surface area contributed by atoms with Crippen molar-refractivity contribution in [3.05, 3.63) is 58.6 Å². The van der Waals surface area contributed by atoms with Crippen LogP contribution >= 0.6 is 23.2 Å². The highest BCUT2D eigenvalue weighted by Gasteiger charge is 2.02. The van der Waals surface area contributed by atoms with Crippen LogP contribution in [0.2, 0.25) is 10.0 Å². The molecule has 2 rings (SSSR count). The molecule has 14 nitrogen and oxygen atoms in total. The quantitative estimate of drug-likeness (QED) is 0.0178. The molecule has 0 spiro atoms. The molecular weight excluding hydrogens is 972 g/mol. The molecule has 0 aliphatic heterocycles. The normalized spacial score (nSPS) is 11.9. The van der Waals surface area contributed by atoms with E-state index in [0.717, 1.165) is 62.7 Å². The van der Waals surface area contributed by atoms with Gasteiger partial charge in [0.25, 0.3) is 0 Å². The van der Waals surface area contributed by atoms with Gasteiger partial charge in [0.2, 0.25) is 23.8 Å². The van der Waals surface area contributed by atoms with Crippen molar-refractivity contribution in [3.8, 4) is 0 Å². The third-order valence-corrected chi connectivity index (χ3v) is 12.8. The van der Waals surface area contributed by atoms with Gasteiger partial charge >= 0.3 is 11.9 Å². The number of nitrogens with one attached hydrogen (secondary N) is 2. The van der Waals surface area contributed by atoms with Gasteiger partial charge in [0.15, 0.2) is 0 Å². The number of carbonyl (C=O) groups is 2. The van der Waals surface area contributed by atoms with Crippen LogP contribution in [0.5, 0.6) is 0 Å². The Balaban J connectivity index is 0.00000115. The molecule has 0 radical (unpaired) electrons. The van der Waals surface area contributed by atoms with E-state index in [1.165, 1.54) is 167 Å². The maximum atomic E-state index is 10.3. The van der Waals surface area contributed by atoms with Crippen molar-refractivity contribution in [2.45, 2.75) is 245 Å². The summed E-state index contributed by atoms with van der Waals surface area (Å²) in [5, 5.41) is 24.1. The Kier molecular flexibility index (Phi) is 48.7. The van der Waals surface area contributed by atoms with Gasteiger partial charge in [-0.15, -0.1) is 0 Å². The Morgan fingerprint density at radius 1 is 0.392 bits per heavy atom. The summed E-state index contributed by atoms with van der Waals surface area (Å²) in [4.78, 5) is 37.1. The predicted octanol–water partition coefficient (Wildman–Crippen LogP) is 16.0. The van der Waals surface area contributed by atoms with E-state index >= 15 is 0 Å². The number of halogens is 2. The highest BCUT2D eigenvalue weighted by Crippen LogP contribution is 2.17. The minimum Gasteiger partial charge on any atom is -0.481 e. The lowest BCUT2D eigenvalue weighted by Crippen LogP contribution is -2.26. The highest BCUT2D eigenvalue weighted by molar-refractivity contribution is 6.31. The van der Waals surface area contributed by atoms with Crippen LogP contribution in [0.1, 0.15) is 245 Å². The van der Waals surface area contributed by atoms with Crippen molar-refractivity contribution in [3.63, 3.8) is 0 Å². The number of benzene rings is 2. The SMILES string of the molecule is CCCCCCCCCCCCCCCCCC(=O)O.CCCCCCCCCCCCCCCCCC(=O)O.NC(=NCCCCCCN=C(N)/N=C(\N)Nc1ccc(Cl)cc1)/N=C(\N)Nc1ccc(Cl)cc1. The molecular formula is C58H102Cl2N10O4. The maximum absolute atomic E-state index is 10.3. The van der Waals surface area contributed by atoms with Gasteiger partial charge in [0.1, 0.15) is 0 Å². The molecule has 0 aromatic heterocycles. The second-order valence-electron chi connectivity index (χ2n) is 19.3.